The van der Waals surface area contributed by atoms with E-state index in [1.165, 1.54) is 12.8 Å². The van der Waals surface area contributed by atoms with E-state index in [1.54, 1.807) is 0 Å². The van der Waals surface area contributed by atoms with Crippen molar-refractivity contribution in [3.05, 3.63) is 12.2 Å². The maximum absolute atomic E-state index is 11.5. The van der Waals surface area contributed by atoms with Crippen molar-refractivity contribution < 1.29 is 9.53 Å². The monoisotopic (exact) mass is 275 g/mol. The average molecular weight is 275 g/mol. The molecule has 2 saturated carbocycles. The number of hydrogen-bond donors (Lipinski definition) is 0. The fourth-order valence-electron chi connectivity index (χ4n) is 4.90. The van der Waals surface area contributed by atoms with Gasteiger partial charge >= 0.3 is 5.97 Å². The molecule has 5 heteroatoms. The Bertz CT molecular complexity index is 476. The normalized spacial score (nSPS) is 43.1. The Kier molecular flexibility index (Phi) is 2.82. The quantitative estimate of drug-likeness (QED) is 0.584. The molecule has 2 fully saturated rings. The number of hydrogen-bond acceptors (Lipinski definition) is 5. The molecular formula is C15H21N3O2. The number of carbonyl (C=O) groups is 1. The zero-order valence-corrected chi connectivity index (χ0v) is 11.8. The SMILES string of the molecule is CCOC(=O)CCN1N=N[C@@H]2[C@H]3C[C@@H]([C@@H]4CC=C[C@H]43)[C@@H]21. The Morgan fingerprint density at radius 1 is 1.40 bits per heavy atom. The summed E-state index contributed by atoms with van der Waals surface area (Å²) in [6.45, 7) is 2.94. The molecule has 0 amide bonds. The number of ether oxygens (including phenoxy) is 1. The molecule has 2 bridgehead atoms. The van der Waals surface area contributed by atoms with E-state index in [1.807, 2.05) is 6.92 Å². The summed E-state index contributed by atoms with van der Waals surface area (Å²) in [4.78, 5) is 11.5. The van der Waals surface area contributed by atoms with Crippen molar-refractivity contribution >= 4 is 5.97 Å². The molecular weight excluding hydrogens is 254 g/mol. The Morgan fingerprint density at radius 3 is 3.15 bits per heavy atom. The number of esters is 1. The molecule has 108 valence electrons. The van der Waals surface area contributed by atoms with Crippen LogP contribution in [0.1, 0.15) is 26.2 Å². The summed E-state index contributed by atoms with van der Waals surface area (Å²) >= 11 is 0. The third-order valence-corrected chi connectivity index (χ3v) is 5.57. The van der Waals surface area contributed by atoms with Crippen LogP contribution in [0.5, 0.6) is 0 Å². The minimum Gasteiger partial charge on any atom is -0.466 e. The van der Waals surface area contributed by atoms with Gasteiger partial charge in [-0.3, -0.25) is 9.80 Å². The van der Waals surface area contributed by atoms with E-state index in [0.717, 1.165) is 11.8 Å². The van der Waals surface area contributed by atoms with E-state index in [0.29, 0.717) is 43.5 Å². The second kappa shape index (κ2) is 4.57. The molecule has 1 heterocycles. The molecule has 0 radical (unpaired) electrons. The Hall–Kier alpha value is -1.39. The largest absolute Gasteiger partial charge is 0.466 e. The molecule has 1 aliphatic heterocycles. The van der Waals surface area contributed by atoms with Crippen molar-refractivity contribution in [3.8, 4) is 0 Å². The number of nitrogens with zero attached hydrogens (tertiary/aromatic N) is 3. The summed E-state index contributed by atoms with van der Waals surface area (Å²) in [5.74, 6) is 2.81. The zero-order chi connectivity index (χ0) is 13.7. The molecule has 6 atom stereocenters. The Morgan fingerprint density at radius 2 is 2.30 bits per heavy atom. The van der Waals surface area contributed by atoms with Gasteiger partial charge in [0.1, 0.15) is 0 Å². The van der Waals surface area contributed by atoms with Crippen molar-refractivity contribution in [2.75, 3.05) is 13.2 Å². The molecule has 0 unspecified atom stereocenters. The summed E-state index contributed by atoms with van der Waals surface area (Å²) < 4.78 is 5.00. The Labute approximate surface area is 119 Å². The Balaban J connectivity index is 1.43. The zero-order valence-electron chi connectivity index (χ0n) is 11.8. The van der Waals surface area contributed by atoms with Crippen LogP contribution in [-0.2, 0) is 9.53 Å². The van der Waals surface area contributed by atoms with Crippen molar-refractivity contribution in [1.29, 1.82) is 0 Å². The van der Waals surface area contributed by atoms with Gasteiger partial charge < -0.3 is 4.74 Å². The van der Waals surface area contributed by atoms with E-state index < -0.39 is 0 Å². The first-order valence-corrected chi connectivity index (χ1v) is 7.79. The van der Waals surface area contributed by atoms with Gasteiger partial charge in [0.05, 0.1) is 25.1 Å². The lowest BCUT2D eigenvalue weighted by Gasteiger charge is -2.35. The lowest BCUT2D eigenvalue weighted by Crippen LogP contribution is -2.45. The van der Waals surface area contributed by atoms with Crippen LogP contribution in [0.15, 0.2) is 22.5 Å². The van der Waals surface area contributed by atoms with Crippen molar-refractivity contribution in [3.63, 3.8) is 0 Å². The molecule has 0 aromatic rings. The molecule has 0 aromatic heterocycles. The van der Waals surface area contributed by atoms with E-state index in [4.69, 9.17) is 4.74 Å². The molecule has 4 rings (SSSR count). The van der Waals surface area contributed by atoms with Gasteiger partial charge in [-0.25, -0.2) is 0 Å². The molecule has 5 nitrogen and oxygen atoms in total. The molecule has 0 aromatic carbocycles. The van der Waals surface area contributed by atoms with Gasteiger partial charge in [-0.05, 0) is 43.4 Å². The van der Waals surface area contributed by atoms with E-state index >= 15 is 0 Å². The second-order valence-corrected chi connectivity index (χ2v) is 6.37. The number of rotatable bonds is 4. The van der Waals surface area contributed by atoms with Crippen LogP contribution in [0, 0.1) is 23.7 Å². The molecule has 0 saturated heterocycles. The maximum atomic E-state index is 11.5. The predicted molar refractivity (Wildman–Crippen MR) is 72.7 cm³/mol. The number of fused-ring (bicyclic) bond motifs is 8. The number of carbonyl (C=O) groups excluding carboxylic acids is 1. The lowest BCUT2D eigenvalue weighted by molar-refractivity contribution is -0.143. The summed E-state index contributed by atoms with van der Waals surface area (Å²) in [7, 11) is 0. The van der Waals surface area contributed by atoms with E-state index in [9.17, 15) is 4.79 Å². The molecule has 0 N–H and O–H groups in total. The number of allylic oxidation sites excluding steroid dienone is 2. The fourth-order valence-corrected chi connectivity index (χ4v) is 4.90. The third kappa shape index (κ3) is 1.64. The van der Waals surface area contributed by atoms with Gasteiger partial charge in [0, 0.05) is 6.54 Å². The van der Waals surface area contributed by atoms with Gasteiger partial charge in [-0.1, -0.05) is 17.4 Å². The van der Waals surface area contributed by atoms with Crippen LogP contribution < -0.4 is 0 Å². The lowest BCUT2D eigenvalue weighted by atomic mass is 9.76. The molecule has 0 spiro atoms. The highest BCUT2D eigenvalue weighted by atomic mass is 16.5. The van der Waals surface area contributed by atoms with Crippen molar-refractivity contribution in [2.24, 2.45) is 34.0 Å². The first-order valence-electron chi connectivity index (χ1n) is 7.79. The van der Waals surface area contributed by atoms with E-state index in [2.05, 4.69) is 27.5 Å². The minimum absolute atomic E-state index is 0.130. The second-order valence-electron chi connectivity index (χ2n) is 6.37. The standard InChI is InChI=1S/C15H21N3O2/c1-2-20-13(19)6-7-18-15-12-8-11(14(15)16-17-18)9-4-3-5-10(9)12/h3-4,9-12,14-15H,2,5-8H2,1H3/t9-,10-,11+,12+,14-,15+/m1/s1. The van der Waals surface area contributed by atoms with Gasteiger partial charge in [0.25, 0.3) is 0 Å². The smallest absolute Gasteiger partial charge is 0.307 e. The highest BCUT2D eigenvalue weighted by Crippen LogP contribution is 2.59. The van der Waals surface area contributed by atoms with Crippen LogP contribution >= 0.6 is 0 Å². The van der Waals surface area contributed by atoms with Gasteiger partial charge in [-0.2, -0.15) is 5.11 Å². The van der Waals surface area contributed by atoms with Crippen LogP contribution in [0.2, 0.25) is 0 Å². The molecule has 20 heavy (non-hydrogen) atoms. The highest BCUT2D eigenvalue weighted by Gasteiger charge is 2.61. The van der Waals surface area contributed by atoms with Crippen LogP contribution in [-0.4, -0.2) is 36.2 Å². The predicted octanol–water partition coefficient (Wildman–Crippen LogP) is 2.20. The topological polar surface area (TPSA) is 54.3 Å². The third-order valence-electron chi connectivity index (χ3n) is 5.57. The molecule has 4 aliphatic rings. The van der Waals surface area contributed by atoms with E-state index in [-0.39, 0.29) is 5.97 Å². The van der Waals surface area contributed by atoms with Crippen LogP contribution in [0.3, 0.4) is 0 Å². The fraction of sp³-hybridized carbons (Fsp3) is 0.800. The first kappa shape index (κ1) is 12.4. The summed E-state index contributed by atoms with van der Waals surface area (Å²) in [5.41, 5.74) is 0. The summed E-state index contributed by atoms with van der Waals surface area (Å²) in [6.07, 6.45) is 7.68. The average Bonchev–Trinajstić information content (AvgIpc) is 3.15. The van der Waals surface area contributed by atoms with Gasteiger partial charge in [-0.15, -0.1) is 0 Å². The summed E-state index contributed by atoms with van der Waals surface area (Å²) in [5, 5.41) is 10.9. The van der Waals surface area contributed by atoms with Crippen LogP contribution in [0.25, 0.3) is 0 Å². The maximum Gasteiger partial charge on any atom is 0.307 e. The molecule has 3 aliphatic carbocycles. The first-order chi connectivity index (χ1) is 9.79. The van der Waals surface area contributed by atoms with Crippen LogP contribution in [0.4, 0.5) is 0 Å². The minimum atomic E-state index is -0.130. The van der Waals surface area contributed by atoms with Gasteiger partial charge in [0.15, 0.2) is 0 Å². The van der Waals surface area contributed by atoms with Crippen molar-refractivity contribution in [1.82, 2.24) is 5.01 Å². The van der Waals surface area contributed by atoms with Gasteiger partial charge in [0.2, 0.25) is 0 Å². The summed E-state index contributed by atoms with van der Waals surface area (Å²) in [6, 6.07) is 0.807. The highest BCUT2D eigenvalue weighted by molar-refractivity contribution is 5.69. The van der Waals surface area contributed by atoms with Crippen molar-refractivity contribution in [2.45, 2.75) is 38.3 Å².